The van der Waals surface area contributed by atoms with E-state index in [-0.39, 0.29) is 11.1 Å². The fourth-order valence-corrected chi connectivity index (χ4v) is 1.16. The molecule has 1 rings (SSSR count). The summed E-state index contributed by atoms with van der Waals surface area (Å²) in [5, 5.41) is 8.71. The van der Waals surface area contributed by atoms with Crippen LogP contribution in [0.2, 0.25) is 0 Å². The van der Waals surface area contributed by atoms with E-state index in [4.69, 9.17) is 5.11 Å². The van der Waals surface area contributed by atoms with E-state index in [9.17, 15) is 14.0 Å². The summed E-state index contributed by atoms with van der Waals surface area (Å²) in [6.45, 7) is 1.41. The Hall–Kier alpha value is -1.71. The molecule has 0 bridgehead atoms. The number of aldehydes is 1. The summed E-state index contributed by atoms with van der Waals surface area (Å²) in [6, 6.07) is 3.47. The van der Waals surface area contributed by atoms with Crippen LogP contribution in [-0.2, 0) is 4.79 Å². The summed E-state index contributed by atoms with van der Waals surface area (Å²) in [6.07, 6.45) is 0.522. The zero-order chi connectivity index (χ0) is 10.7. The first-order valence-electron chi connectivity index (χ1n) is 4.03. The van der Waals surface area contributed by atoms with Crippen LogP contribution in [0.4, 0.5) is 4.39 Å². The smallest absolute Gasteiger partial charge is 0.310 e. The molecule has 1 aromatic rings. The summed E-state index contributed by atoms with van der Waals surface area (Å²) in [4.78, 5) is 21.2. The van der Waals surface area contributed by atoms with Crippen molar-refractivity contribution in [3.63, 3.8) is 0 Å². The molecule has 1 aromatic carbocycles. The predicted octanol–water partition coefficient (Wildman–Crippen LogP) is 1.83. The molecule has 1 N–H and O–H groups in total. The molecule has 0 aromatic heterocycles. The molecule has 0 aliphatic carbocycles. The SMILES string of the molecule is CC(C(=O)O)c1cc(F)ccc1C=O. The fourth-order valence-electron chi connectivity index (χ4n) is 1.16. The van der Waals surface area contributed by atoms with Crippen molar-refractivity contribution in [1.29, 1.82) is 0 Å². The van der Waals surface area contributed by atoms with Gasteiger partial charge in [0, 0.05) is 5.56 Å². The van der Waals surface area contributed by atoms with Crippen LogP contribution >= 0.6 is 0 Å². The number of carbonyl (C=O) groups is 2. The standard InChI is InChI=1S/C10H9FO3/c1-6(10(13)14)9-4-8(11)3-2-7(9)5-12/h2-6H,1H3,(H,13,14). The molecule has 1 unspecified atom stereocenters. The minimum Gasteiger partial charge on any atom is -0.481 e. The Bertz CT molecular complexity index is 374. The number of carbonyl (C=O) groups excluding carboxylic acids is 1. The molecule has 0 saturated heterocycles. The number of benzene rings is 1. The summed E-state index contributed by atoms with van der Waals surface area (Å²) in [7, 11) is 0. The van der Waals surface area contributed by atoms with Gasteiger partial charge in [-0.05, 0) is 30.7 Å². The fraction of sp³-hybridized carbons (Fsp3) is 0.200. The lowest BCUT2D eigenvalue weighted by Gasteiger charge is -2.08. The molecule has 0 fully saturated rings. The molecule has 14 heavy (non-hydrogen) atoms. The Labute approximate surface area is 80.2 Å². The quantitative estimate of drug-likeness (QED) is 0.750. The molecular weight excluding hydrogens is 187 g/mol. The van der Waals surface area contributed by atoms with E-state index in [1.54, 1.807) is 0 Å². The van der Waals surface area contributed by atoms with Crippen LogP contribution in [0.15, 0.2) is 18.2 Å². The van der Waals surface area contributed by atoms with Crippen LogP contribution in [0, 0.1) is 5.82 Å². The molecule has 0 heterocycles. The lowest BCUT2D eigenvalue weighted by molar-refractivity contribution is -0.138. The monoisotopic (exact) mass is 196 g/mol. The van der Waals surface area contributed by atoms with Gasteiger partial charge in [0.15, 0.2) is 0 Å². The highest BCUT2D eigenvalue weighted by molar-refractivity contribution is 5.83. The Balaban J connectivity index is 3.23. The highest BCUT2D eigenvalue weighted by Gasteiger charge is 2.17. The van der Waals surface area contributed by atoms with Gasteiger partial charge in [-0.25, -0.2) is 4.39 Å². The molecule has 74 valence electrons. The zero-order valence-corrected chi connectivity index (χ0v) is 7.53. The topological polar surface area (TPSA) is 54.4 Å². The number of hydrogen-bond acceptors (Lipinski definition) is 2. The molecule has 0 spiro atoms. The summed E-state index contributed by atoms with van der Waals surface area (Å²) in [5.74, 6) is -2.51. The molecule has 0 aliphatic rings. The van der Waals surface area contributed by atoms with Gasteiger partial charge < -0.3 is 5.11 Å². The van der Waals surface area contributed by atoms with Crippen molar-refractivity contribution in [3.8, 4) is 0 Å². The summed E-state index contributed by atoms with van der Waals surface area (Å²) in [5.41, 5.74) is 0.411. The average molecular weight is 196 g/mol. The van der Waals surface area contributed by atoms with Gasteiger partial charge in [-0.1, -0.05) is 0 Å². The number of aliphatic carboxylic acids is 1. The highest BCUT2D eigenvalue weighted by atomic mass is 19.1. The molecule has 3 nitrogen and oxygen atoms in total. The molecule has 1 atom stereocenters. The average Bonchev–Trinajstić information content (AvgIpc) is 2.16. The van der Waals surface area contributed by atoms with Gasteiger partial charge in [-0.3, -0.25) is 9.59 Å². The number of carboxylic acid groups (broad SMARTS) is 1. The van der Waals surface area contributed by atoms with Gasteiger partial charge >= 0.3 is 5.97 Å². The molecule has 0 amide bonds. The Kier molecular flexibility index (Phi) is 2.96. The highest BCUT2D eigenvalue weighted by Crippen LogP contribution is 2.20. The van der Waals surface area contributed by atoms with Crippen molar-refractivity contribution < 1.29 is 19.1 Å². The Morgan fingerprint density at radius 2 is 2.21 bits per heavy atom. The lowest BCUT2D eigenvalue weighted by atomic mass is 9.96. The third-order valence-corrected chi connectivity index (χ3v) is 2.01. The molecule has 0 aliphatic heterocycles. The van der Waals surface area contributed by atoms with Crippen LogP contribution in [0.3, 0.4) is 0 Å². The van der Waals surface area contributed by atoms with Crippen molar-refractivity contribution in [2.24, 2.45) is 0 Å². The number of hydrogen-bond donors (Lipinski definition) is 1. The molecule has 0 saturated carbocycles. The van der Waals surface area contributed by atoms with Gasteiger partial charge in [0.1, 0.15) is 12.1 Å². The second-order valence-corrected chi connectivity index (χ2v) is 2.95. The molecule has 0 radical (unpaired) electrons. The van der Waals surface area contributed by atoms with Crippen LogP contribution < -0.4 is 0 Å². The van der Waals surface area contributed by atoms with Crippen molar-refractivity contribution >= 4 is 12.3 Å². The van der Waals surface area contributed by atoms with Gasteiger partial charge in [0.05, 0.1) is 5.92 Å². The van der Waals surface area contributed by atoms with Crippen molar-refractivity contribution in [2.45, 2.75) is 12.8 Å². The van der Waals surface area contributed by atoms with Gasteiger partial charge in [-0.2, -0.15) is 0 Å². The number of rotatable bonds is 3. The largest absolute Gasteiger partial charge is 0.481 e. The Morgan fingerprint density at radius 1 is 1.57 bits per heavy atom. The third kappa shape index (κ3) is 1.96. The van der Waals surface area contributed by atoms with Crippen molar-refractivity contribution in [3.05, 3.63) is 35.1 Å². The second-order valence-electron chi connectivity index (χ2n) is 2.95. The van der Waals surface area contributed by atoms with E-state index < -0.39 is 17.7 Å². The molecular formula is C10H9FO3. The Morgan fingerprint density at radius 3 is 2.71 bits per heavy atom. The van der Waals surface area contributed by atoms with E-state index in [1.165, 1.54) is 13.0 Å². The maximum atomic E-state index is 12.8. The molecule has 4 heteroatoms. The van der Waals surface area contributed by atoms with Crippen molar-refractivity contribution in [2.75, 3.05) is 0 Å². The van der Waals surface area contributed by atoms with Crippen molar-refractivity contribution in [1.82, 2.24) is 0 Å². The maximum Gasteiger partial charge on any atom is 0.310 e. The van der Waals surface area contributed by atoms with E-state index in [1.807, 2.05) is 0 Å². The first kappa shape index (κ1) is 10.4. The van der Waals surface area contributed by atoms with Crippen LogP contribution in [0.1, 0.15) is 28.8 Å². The first-order chi connectivity index (χ1) is 6.56. The summed E-state index contributed by atoms with van der Waals surface area (Å²) < 4.78 is 12.8. The first-order valence-corrected chi connectivity index (χ1v) is 4.03. The third-order valence-electron chi connectivity index (χ3n) is 2.01. The van der Waals surface area contributed by atoms with Gasteiger partial charge in [0.25, 0.3) is 0 Å². The normalized spacial score (nSPS) is 12.1. The minimum absolute atomic E-state index is 0.201. The van der Waals surface area contributed by atoms with E-state index in [0.29, 0.717) is 6.29 Å². The maximum absolute atomic E-state index is 12.8. The zero-order valence-electron chi connectivity index (χ0n) is 7.53. The van der Waals surface area contributed by atoms with Crippen LogP contribution in [0.25, 0.3) is 0 Å². The van der Waals surface area contributed by atoms with E-state index in [2.05, 4.69) is 0 Å². The van der Waals surface area contributed by atoms with Gasteiger partial charge in [-0.15, -0.1) is 0 Å². The van der Waals surface area contributed by atoms with Gasteiger partial charge in [0.2, 0.25) is 0 Å². The predicted molar refractivity (Wildman–Crippen MR) is 47.8 cm³/mol. The van der Waals surface area contributed by atoms with E-state index in [0.717, 1.165) is 12.1 Å². The second kappa shape index (κ2) is 4.00. The summed E-state index contributed by atoms with van der Waals surface area (Å²) >= 11 is 0. The van der Waals surface area contributed by atoms with E-state index >= 15 is 0 Å². The number of halogens is 1. The minimum atomic E-state index is -1.08. The van der Waals surface area contributed by atoms with Crippen LogP contribution in [0.5, 0.6) is 0 Å². The lowest BCUT2D eigenvalue weighted by Crippen LogP contribution is -2.10. The number of carboxylic acids is 1. The van der Waals surface area contributed by atoms with Crippen LogP contribution in [-0.4, -0.2) is 17.4 Å².